The van der Waals surface area contributed by atoms with Gasteiger partial charge in [0.15, 0.2) is 0 Å². The topological polar surface area (TPSA) is 57.6 Å². The Morgan fingerprint density at radius 2 is 1.84 bits per heavy atom. The molecule has 0 aromatic carbocycles. The number of likely N-dealkylation sites (tertiary alicyclic amines) is 1. The summed E-state index contributed by atoms with van der Waals surface area (Å²) in [7, 11) is 0. The van der Waals surface area contributed by atoms with Gasteiger partial charge in [-0.1, -0.05) is 32.6 Å². The van der Waals surface area contributed by atoms with Crippen molar-refractivity contribution in [3.8, 4) is 0 Å². The fraction of sp³-hybridized carbons (Fsp3) is 0.867. The Bertz CT molecular complexity index is 317. The average Bonchev–Trinajstić information content (AvgIpc) is 2.38. The van der Waals surface area contributed by atoms with E-state index in [1.165, 1.54) is 19.3 Å². The SMILES string of the molecule is CCCCCCCC(=O)N1CCCCC1(C)C(=O)O. The molecule has 1 rings (SSSR count). The fourth-order valence-corrected chi connectivity index (χ4v) is 2.76. The number of hydrogen-bond acceptors (Lipinski definition) is 2. The molecule has 110 valence electrons. The molecular formula is C15H27NO3. The number of rotatable bonds is 7. The molecule has 0 saturated carbocycles. The van der Waals surface area contributed by atoms with E-state index in [4.69, 9.17) is 0 Å². The number of aliphatic carboxylic acids is 1. The smallest absolute Gasteiger partial charge is 0.329 e. The maximum Gasteiger partial charge on any atom is 0.329 e. The summed E-state index contributed by atoms with van der Waals surface area (Å²) in [6.45, 7) is 4.44. The van der Waals surface area contributed by atoms with E-state index in [-0.39, 0.29) is 5.91 Å². The molecule has 0 radical (unpaired) electrons. The molecule has 4 heteroatoms. The number of unbranched alkanes of at least 4 members (excludes halogenated alkanes) is 4. The van der Waals surface area contributed by atoms with Crippen molar-refractivity contribution in [2.24, 2.45) is 0 Å². The van der Waals surface area contributed by atoms with Gasteiger partial charge >= 0.3 is 5.97 Å². The highest BCUT2D eigenvalue weighted by Gasteiger charge is 2.43. The average molecular weight is 269 g/mol. The molecule has 1 aliphatic heterocycles. The molecule has 4 nitrogen and oxygen atoms in total. The molecule has 1 amide bonds. The fourth-order valence-electron chi connectivity index (χ4n) is 2.76. The summed E-state index contributed by atoms with van der Waals surface area (Å²) in [5, 5.41) is 9.36. The van der Waals surface area contributed by atoms with Crippen molar-refractivity contribution in [2.45, 2.75) is 77.2 Å². The Hall–Kier alpha value is -1.06. The molecule has 1 N–H and O–H groups in total. The standard InChI is InChI=1S/C15H27NO3/c1-3-4-5-6-7-10-13(17)16-12-9-8-11-15(16,2)14(18)19/h3-12H2,1-2H3,(H,18,19). The van der Waals surface area contributed by atoms with Crippen LogP contribution in [-0.4, -0.2) is 34.0 Å². The Balaban J connectivity index is 2.47. The van der Waals surface area contributed by atoms with Crippen LogP contribution >= 0.6 is 0 Å². The predicted molar refractivity (Wildman–Crippen MR) is 75.0 cm³/mol. The van der Waals surface area contributed by atoms with Crippen LogP contribution in [0, 0.1) is 0 Å². The maximum absolute atomic E-state index is 12.2. The van der Waals surface area contributed by atoms with Crippen LogP contribution in [0.15, 0.2) is 0 Å². The summed E-state index contributed by atoms with van der Waals surface area (Å²) in [5.74, 6) is -0.854. The first kappa shape index (κ1) is 16.0. The first-order valence-corrected chi connectivity index (χ1v) is 7.56. The minimum Gasteiger partial charge on any atom is -0.480 e. The lowest BCUT2D eigenvalue weighted by Crippen LogP contribution is -2.57. The Morgan fingerprint density at radius 1 is 1.16 bits per heavy atom. The van der Waals surface area contributed by atoms with Gasteiger partial charge in [0.05, 0.1) is 0 Å². The first-order valence-electron chi connectivity index (χ1n) is 7.56. The lowest BCUT2D eigenvalue weighted by Gasteiger charge is -2.41. The molecule has 1 atom stereocenters. The zero-order valence-corrected chi connectivity index (χ0v) is 12.3. The van der Waals surface area contributed by atoms with Crippen molar-refractivity contribution in [1.29, 1.82) is 0 Å². The first-order chi connectivity index (χ1) is 9.02. The van der Waals surface area contributed by atoms with Gasteiger partial charge in [-0.15, -0.1) is 0 Å². The number of carboxylic acids is 1. The van der Waals surface area contributed by atoms with Crippen LogP contribution < -0.4 is 0 Å². The van der Waals surface area contributed by atoms with E-state index >= 15 is 0 Å². The molecule has 1 heterocycles. The highest BCUT2D eigenvalue weighted by molar-refractivity contribution is 5.87. The van der Waals surface area contributed by atoms with Crippen LogP contribution in [0.5, 0.6) is 0 Å². The van der Waals surface area contributed by atoms with Crippen LogP contribution in [0.4, 0.5) is 0 Å². The highest BCUT2D eigenvalue weighted by atomic mass is 16.4. The molecule has 1 aliphatic rings. The van der Waals surface area contributed by atoms with E-state index in [2.05, 4.69) is 6.92 Å². The lowest BCUT2D eigenvalue weighted by molar-refractivity contribution is -0.161. The van der Waals surface area contributed by atoms with Gasteiger partial charge in [0.25, 0.3) is 0 Å². The molecule has 0 bridgehead atoms. The molecule has 0 spiro atoms. The summed E-state index contributed by atoms with van der Waals surface area (Å²) < 4.78 is 0. The summed E-state index contributed by atoms with van der Waals surface area (Å²) in [6.07, 6.45) is 8.40. The predicted octanol–water partition coefficient (Wildman–Crippen LogP) is 3.20. The molecule has 19 heavy (non-hydrogen) atoms. The zero-order valence-electron chi connectivity index (χ0n) is 12.3. The Morgan fingerprint density at radius 3 is 2.47 bits per heavy atom. The second-order valence-corrected chi connectivity index (χ2v) is 5.75. The molecule has 1 unspecified atom stereocenters. The number of nitrogens with zero attached hydrogens (tertiary/aromatic N) is 1. The van der Waals surface area contributed by atoms with Crippen LogP contribution in [-0.2, 0) is 9.59 Å². The van der Waals surface area contributed by atoms with Gasteiger partial charge in [0.2, 0.25) is 5.91 Å². The number of carbonyl (C=O) groups excluding carboxylic acids is 1. The van der Waals surface area contributed by atoms with Gasteiger partial charge in [-0.3, -0.25) is 4.79 Å². The summed E-state index contributed by atoms with van der Waals surface area (Å²) in [4.78, 5) is 25.2. The van der Waals surface area contributed by atoms with Gasteiger partial charge in [-0.25, -0.2) is 4.79 Å². The van der Waals surface area contributed by atoms with E-state index in [9.17, 15) is 14.7 Å². The van der Waals surface area contributed by atoms with E-state index in [0.717, 1.165) is 25.7 Å². The minimum atomic E-state index is -0.987. The maximum atomic E-state index is 12.2. The van der Waals surface area contributed by atoms with Gasteiger partial charge in [0, 0.05) is 13.0 Å². The van der Waals surface area contributed by atoms with Gasteiger partial charge in [0.1, 0.15) is 5.54 Å². The normalized spacial score (nSPS) is 23.4. The van der Waals surface area contributed by atoms with E-state index in [0.29, 0.717) is 19.4 Å². The number of piperidine rings is 1. The molecular weight excluding hydrogens is 242 g/mol. The summed E-state index contributed by atoms with van der Waals surface area (Å²) >= 11 is 0. The highest BCUT2D eigenvalue weighted by Crippen LogP contribution is 2.29. The van der Waals surface area contributed by atoms with Crippen molar-refractivity contribution < 1.29 is 14.7 Å². The second kappa shape index (κ2) is 7.51. The van der Waals surface area contributed by atoms with Crippen LogP contribution in [0.25, 0.3) is 0 Å². The molecule has 1 fully saturated rings. The Kier molecular flexibility index (Phi) is 6.32. The zero-order chi connectivity index (χ0) is 14.3. The van der Waals surface area contributed by atoms with Gasteiger partial charge in [-0.05, 0) is 32.6 Å². The molecule has 0 aliphatic carbocycles. The van der Waals surface area contributed by atoms with E-state index in [1.807, 2.05) is 0 Å². The van der Waals surface area contributed by atoms with Gasteiger partial charge < -0.3 is 10.0 Å². The van der Waals surface area contributed by atoms with Crippen molar-refractivity contribution in [3.63, 3.8) is 0 Å². The van der Waals surface area contributed by atoms with Crippen LogP contribution in [0.2, 0.25) is 0 Å². The number of amides is 1. The van der Waals surface area contributed by atoms with Crippen molar-refractivity contribution in [1.82, 2.24) is 4.90 Å². The summed E-state index contributed by atoms with van der Waals surface area (Å²) in [5.41, 5.74) is -0.987. The van der Waals surface area contributed by atoms with Gasteiger partial charge in [-0.2, -0.15) is 0 Å². The summed E-state index contributed by atoms with van der Waals surface area (Å²) in [6, 6.07) is 0. The third-order valence-electron chi connectivity index (χ3n) is 4.15. The minimum absolute atomic E-state index is 0.0149. The molecule has 1 saturated heterocycles. The van der Waals surface area contributed by atoms with Crippen molar-refractivity contribution >= 4 is 11.9 Å². The molecule has 0 aromatic heterocycles. The quantitative estimate of drug-likeness (QED) is 0.722. The third-order valence-corrected chi connectivity index (χ3v) is 4.15. The van der Waals surface area contributed by atoms with Crippen molar-refractivity contribution in [2.75, 3.05) is 6.54 Å². The second-order valence-electron chi connectivity index (χ2n) is 5.75. The van der Waals surface area contributed by atoms with E-state index < -0.39 is 11.5 Å². The third kappa shape index (κ3) is 4.22. The Labute approximate surface area is 116 Å². The number of hydrogen-bond donors (Lipinski definition) is 1. The van der Waals surface area contributed by atoms with Crippen LogP contribution in [0.3, 0.4) is 0 Å². The number of carboxylic acid groups (broad SMARTS) is 1. The largest absolute Gasteiger partial charge is 0.480 e. The number of carbonyl (C=O) groups is 2. The van der Waals surface area contributed by atoms with Crippen LogP contribution in [0.1, 0.15) is 71.6 Å². The lowest BCUT2D eigenvalue weighted by atomic mass is 9.88. The van der Waals surface area contributed by atoms with E-state index in [1.54, 1.807) is 11.8 Å². The van der Waals surface area contributed by atoms with Crippen molar-refractivity contribution in [3.05, 3.63) is 0 Å². The molecule has 0 aromatic rings. The monoisotopic (exact) mass is 269 g/mol.